The fourth-order valence-electron chi connectivity index (χ4n) is 4.16. The molecule has 4 rings (SSSR count). The number of fused-ring (bicyclic) bond motifs is 1. The van der Waals surface area contributed by atoms with Gasteiger partial charge in [-0.05, 0) is 36.8 Å². The Bertz CT molecular complexity index is 1180. The lowest BCUT2D eigenvalue weighted by Gasteiger charge is -2.23. The lowest BCUT2D eigenvalue weighted by molar-refractivity contribution is -0.116. The van der Waals surface area contributed by atoms with Crippen molar-refractivity contribution in [3.05, 3.63) is 69.9 Å². The van der Waals surface area contributed by atoms with Crippen LogP contribution in [0.4, 0.5) is 9.80 Å². The molecular formula is C25H27N5O3S. The normalized spacial score (nSPS) is 16.6. The summed E-state index contributed by atoms with van der Waals surface area (Å²) in [5.41, 5.74) is 3.44. The molecule has 0 bridgehead atoms. The standard InChI is InChI=1S/C25H27N5O3S/c1-15(17-6-4-3-5-7-17)10-23(31)30-24-21(12-26)20-9-8-19(11-22(20)34-24)33-25(32)29-16(2)18-13-27-28-14-18/h3-7,13-16,19H,8-11H2,1-2H3,(H,27,28)(H,29,32)(H,30,31). The first kappa shape index (κ1) is 23.5. The predicted octanol–water partition coefficient (Wildman–Crippen LogP) is 4.82. The summed E-state index contributed by atoms with van der Waals surface area (Å²) in [6.07, 6.45) is 4.73. The van der Waals surface area contributed by atoms with Crippen LogP contribution in [0, 0.1) is 11.3 Å². The molecular weight excluding hydrogens is 450 g/mol. The Hall–Kier alpha value is -3.64. The summed E-state index contributed by atoms with van der Waals surface area (Å²) < 4.78 is 5.64. The van der Waals surface area contributed by atoms with E-state index < -0.39 is 6.09 Å². The van der Waals surface area contributed by atoms with Crippen LogP contribution in [-0.4, -0.2) is 28.3 Å². The Morgan fingerprint density at radius 1 is 1.29 bits per heavy atom. The highest BCUT2D eigenvalue weighted by Gasteiger charge is 2.29. The van der Waals surface area contributed by atoms with E-state index in [2.05, 4.69) is 26.9 Å². The monoisotopic (exact) mass is 477 g/mol. The first-order valence-electron chi connectivity index (χ1n) is 11.3. The molecule has 8 nitrogen and oxygen atoms in total. The van der Waals surface area contributed by atoms with Gasteiger partial charge < -0.3 is 15.4 Å². The second-order valence-corrected chi connectivity index (χ2v) is 9.66. The fraction of sp³-hybridized carbons (Fsp3) is 0.360. The lowest BCUT2D eigenvalue weighted by Crippen LogP contribution is -2.33. The number of rotatable bonds is 7. The minimum absolute atomic E-state index is 0.0713. The Labute approximate surface area is 202 Å². The molecule has 176 valence electrons. The van der Waals surface area contributed by atoms with Crippen LogP contribution in [-0.2, 0) is 22.4 Å². The molecule has 1 aliphatic rings. The molecule has 3 atom stereocenters. The van der Waals surface area contributed by atoms with E-state index in [0.717, 1.165) is 21.6 Å². The third kappa shape index (κ3) is 5.46. The maximum absolute atomic E-state index is 12.7. The predicted molar refractivity (Wildman–Crippen MR) is 130 cm³/mol. The number of carbonyl (C=O) groups excluding carboxylic acids is 2. The highest BCUT2D eigenvalue weighted by molar-refractivity contribution is 7.16. The Kier molecular flexibility index (Phi) is 7.28. The molecule has 2 amide bonds. The van der Waals surface area contributed by atoms with Gasteiger partial charge in [-0.15, -0.1) is 11.3 Å². The molecule has 9 heteroatoms. The van der Waals surface area contributed by atoms with Crippen LogP contribution in [0.3, 0.4) is 0 Å². The van der Waals surface area contributed by atoms with E-state index in [-0.39, 0.29) is 24.0 Å². The summed E-state index contributed by atoms with van der Waals surface area (Å²) in [6.45, 7) is 3.87. The quantitative estimate of drug-likeness (QED) is 0.451. The first-order valence-corrected chi connectivity index (χ1v) is 12.1. The van der Waals surface area contributed by atoms with Crippen LogP contribution in [0.15, 0.2) is 42.7 Å². The molecule has 2 heterocycles. The van der Waals surface area contributed by atoms with Gasteiger partial charge in [0.05, 0.1) is 17.8 Å². The summed E-state index contributed by atoms with van der Waals surface area (Å²) in [5.74, 6) is -0.0473. The van der Waals surface area contributed by atoms with Gasteiger partial charge >= 0.3 is 6.09 Å². The van der Waals surface area contributed by atoms with Gasteiger partial charge in [-0.2, -0.15) is 10.4 Å². The topological polar surface area (TPSA) is 120 Å². The molecule has 34 heavy (non-hydrogen) atoms. The number of ether oxygens (including phenoxy) is 1. The Morgan fingerprint density at radius 2 is 2.09 bits per heavy atom. The Balaban J connectivity index is 1.36. The molecule has 0 saturated heterocycles. The van der Waals surface area contributed by atoms with E-state index in [1.807, 2.05) is 44.2 Å². The van der Waals surface area contributed by atoms with Crippen LogP contribution in [0.1, 0.15) is 65.8 Å². The van der Waals surface area contributed by atoms with Crippen molar-refractivity contribution in [3.63, 3.8) is 0 Å². The highest BCUT2D eigenvalue weighted by atomic mass is 32.1. The number of thiophene rings is 1. The summed E-state index contributed by atoms with van der Waals surface area (Å²) in [7, 11) is 0. The molecule has 3 aromatic rings. The molecule has 0 fully saturated rings. The number of hydrogen-bond acceptors (Lipinski definition) is 6. The minimum Gasteiger partial charge on any atom is -0.446 e. The number of alkyl carbamates (subject to hydrolysis) is 1. The Morgan fingerprint density at radius 3 is 2.79 bits per heavy atom. The maximum atomic E-state index is 12.7. The first-order chi connectivity index (χ1) is 16.4. The largest absolute Gasteiger partial charge is 0.446 e. The van der Waals surface area contributed by atoms with E-state index in [9.17, 15) is 14.9 Å². The van der Waals surface area contributed by atoms with Gasteiger partial charge in [-0.1, -0.05) is 37.3 Å². The zero-order chi connectivity index (χ0) is 24.1. The van der Waals surface area contributed by atoms with Crippen molar-refractivity contribution in [2.75, 3.05) is 5.32 Å². The van der Waals surface area contributed by atoms with Crippen molar-refractivity contribution >= 4 is 28.3 Å². The fourth-order valence-corrected chi connectivity index (χ4v) is 5.44. The number of nitrogens with zero attached hydrogens (tertiary/aromatic N) is 2. The average Bonchev–Trinajstić information content (AvgIpc) is 3.47. The zero-order valence-corrected chi connectivity index (χ0v) is 19.9. The van der Waals surface area contributed by atoms with Crippen LogP contribution in [0.25, 0.3) is 0 Å². The van der Waals surface area contributed by atoms with E-state index in [4.69, 9.17) is 4.74 Å². The number of H-pyrrole nitrogens is 1. The molecule has 0 spiro atoms. The van der Waals surface area contributed by atoms with Crippen molar-refractivity contribution in [1.82, 2.24) is 15.5 Å². The van der Waals surface area contributed by atoms with E-state index in [1.54, 1.807) is 12.4 Å². The van der Waals surface area contributed by atoms with Crippen LogP contribution < -0.4 is 10.6 Å². The molecule has 3 N–H and O–H groups in total. The summed E-state index contributed by atoms with van der Waals surface area (Å²) in [4.78, 5) is 26.0. The number of nitriles is 1. The highest BCUT2D eigenvalue weighted by Crippen LogP contribution is 2.38. The summed E-state index contributed by atoms with van der Waals surface area (Å²) in [6, 6.07) is 11.9. The van der Waals surface area contributed by atoms with Gasteiger partial charge in [-0.3, -0.25) is 9.89 Å². The number of benzene rings is 1. The number of anilines is 1. The summed E-state index contributed by atoms with van der Waals surface area (Å²) in [5, 5.41) is 22.7. The second-order valence-electron chi connectivity index (χ2n) is 8.55. The van der Waals surface area contributed by atoms with Gasteiger partial charge in [0, 0.05) is 29.5 Å². The van der Waals surface area contributed by atoms with E-state index in [1.165, 1.54) is 11.3 Å². The molecule has 3 unspecified atom stereocenters. The SMILES string of the molecule is CC(CC(=O)Nc1sc2c(c1C#N)CCC(OC(=O)NC(C)c1cn[nH]c1)C2)c1ccccc1. The van der Waals surface area contributed by atoms with E-state index >= 15 is 0 Å². The second kappa shape index (κ2) is 10.5. The van der Waals surface area contributed by atoms with Crippen molar-refractivity contribution in [1.29, 1.82) is 5.26 Å². The molecule has 2 aromatic heterocycles. The van der Waals surface area contributed by atoms with Gasteiger partial charge in [-0.25, -0.2) is 4.79 Å². The number of aromatic amines is 1. The molecule has 1 aliphatic carbocycles. The zero-order valence-electron chi connectivity index (χ0n) is 19.1. The average molecular weight is 478 g/mol. The third-order valence-corrected chi connectivity index (χ3v) is 7.24. The maximum Gasteiger partial charge on any atom is 0.407 e. The smallest absolute Gasteiger partial charge is 0.407 e. The van der Waals surface area contributed by atoms with Crippen LogP contribution in [0.2, 0.25) is 0 Å². The molecule has 1 aromatic carbocycles. The number of carbonyl (C=O) groups is 2. The minimum atomic E-state index is -0.484. The van der Waals surface area contributed by atoms with Crippen LogP contribution >= 0.6 is 11.3 Å². The van der Waals surface area contributed by atoms with Gasteiger partial charge in [0.25, 0.3) is 0 Å². The van der Waals surface area contributed by atoms with Gasteiger partial charge in [0.2, 0.25) is 5.91 Å². The van der Waals surface area contributed by atoms with Crippen molar-refractivity contribution in [3.8, 4) is 6.07 Å². The van der Waals surface area contributed by atoms with Crippen molar-refractivity contribution < 1.29 is 14.3 Å². The van der Waals surface area contributed by atoms with Crippen molar-refractivity contribution in [2.45, 2.75) is 57.6 Å². The number of aromatic nitrogens is 2. The number of hydrogen-bond donors (Lipinski definition) is 3. The molecule has 0 saturated carbocycles. The number of amides is 2. The summed E-state index contributed by atoms with van der Waals surface area (Å²) >= 11 is 1.40. The van der Waals surface area contributed by atoms with Gasteiger partial charge in [0.15, 0.2) is 0 Å². The van der Waals surface area contributed by atoms with Gasteiger partial charge in [0.1, 0.15) is 17.2 Å². The molecule has 0 aliphatic heterocycles. The number of nitrogens with one attached hydrogen (secondary N) is 3. The lowest BCUT2D eigenvalue weighted by atomic mass is 9.93. The molecule has 0 radical (unpaired) electrons. The van der Waals surface area contributed by atoms with Crippen LogP contribution in [0.5, 0.6) is 0 Å². The third-order valence-electron chi connectivity index (χ3n) is 6.07. The van der Waals surface area contributed by atoms with E-state index in [0.29, 0.717) is 36.2 Å². The van der Waals surface area contributed by atoms with Crippen molar-refractivity contribution in [2.24, 2.45) is 0 Å².